The smallest absolute Gasteiger partial charge is 0.0197 e. The minimum Gasteiger partial charge on any atom is -0.310 e. The van der Waals surface area contributed by atoms with Gasteiger partial charge in [-0.25, -0.2) is 0 Å². The summed E-state index contributed by atoms with van der Waals surface area (Å²) in [6.45, 7) is 4.76. The van der Waals surface area contributed by atoms with E-state index in [1.54, 1.807) is 0 Å². The minimum atomic E-state index is 0.760. The van der Waals surface area contributed by atoms with E-state index in [-0.39, 0.29) is 0 Å². The zero-order valence-corrected chi connectivity index (χ0v) is 11.0. The molecule has 0 aromatic heterocycles. The van der Waals surface area contributed by atoms with E-state index in [0.29, 0.717) is 0 Å². The molecule has 3 atom stereocenters. The van der Waals surface area contributed by atoms with E-state index in [9.17, 15) is 0 Å². The van der Waals surface area contributed by atoms with E-state index in [2.05, 4.69) is 24.2 Å². The van der Waals surface area contributed by atoms with Crippen LogP contribution in [0.2, 0.25) is 0 Å². The van der Waals surface area contributed by atoms with Gasteiger partial charge in [0.1, 0.15) is 0 Å². The van der Waals surface area contributed by atoms with Crippen LogP contribution in [0, 0.1) is 5.92 Å². The Kier molecular flexibility index (Phi) is 4.66. The average molecular weight is 224 g/mol. The molecule has 0 amide bonds. The molecule has 2 rings (SSSR count). The summed E-state index contributed by atoms with van der Waals surface area (Å²) in [4.78, 5) is 2.49. The molecule has 1 heterocycles. The van der Waals surface area contributed by atoms with Crippen LogP contribution in [-0.2, 0) is 0 Å². The first-order valence-electron chi connectivity index (χ1n) is 7.24. The van der Waals surface area contributed by atoms with Gasteiger partial charge in [0.15, 0.2) is 0 Å². The molecule has 1 saturated heterocycles. The van der Waals surface area contributed by atoms with Crippen molar-refractivity contribution in [3.63, 3.8) is 0 Å². The molecule has 1 N–H and O–H groups in total. The Bertz CT molecular complexity index is 205. The Hall–Kier alpha value is -0.0800. The fourth-order valence-corrected chi connectivity index (χ4v) is 3.57. The molecule has 16 heavy (non-hydrogen) atoms. The lowest BCUT2D eigenvalue weighted by Gasteiger charge is -2.41. The summed E-state index contributed by atoms with van der Waals surface area (Å²) < 4.78 is 0. The number of hydrogen-bond acceptors (Lipinski definition) is 2. The molecule has 1 saturated carbocycles. The molecule has 2 heteroatoms. The highest BCUT2D eigenvalue weighted by molar-refractivity contribution is 4.90. The summed E-state index contributed by atoms with van der Waals surface area (Å²) in [6, 6.07) is 1.61. The van der Waals surface area contributed by atoms with Crippen LogP contribution in [0.5, 0.6) is 0 Å². The van der Waals surface area contributed by atoms with Gasteiger partial charge in [0.05, 0.1) is 0 Å². The maximum atomic E-state index is 3.90. The first kappa shape index (κ1) is 12.4. The SMILES string of the molecule is CCCN(C)CC1CCC2CCCCC2N1. The van der Waals surface area contributed by atoms with E-state index in [1.807, 2.05) is 0 Å². The van der Waals surface area contributed by atoms with E-state index >= 15 is 0 Å². The van der Waals surface area contributed by atoms with Gasteiger partial charge in [-0.2, -0.15) is 0 Å². The predicted octanol–water partition coefficient (Wildman–Crippen LogP) is 2.64. The molecule has 2 aliphatic rings. The van der Waals surface area contributed by atoms with E-state index in [0.717, 1.165) is 18.0 Å². The van der Waals surface area contributed by atoms with Gasteiger partial charge in [-0.3, -0.25) is 0 Å². The van der Waals surface area contributed by atoms with Crippen LogP contribution >= 0.6 is 0 Å². The number of fused-ring (bicyclic) bond motifs is 1. The fraction of sp³-hybridized carbons (Fsp3) is 1.00. The summed E-state index contributed by atoms with van der Waals surface area (Å²) >= 11 is 0. The molecule has 2 nitrogen and oxygen atoms in total. The number of nitrogens with zero attached hydrogens (tertiary/aromatic N) is 1. The van der Waals surface area contributed by atoms with Crippen molar-refractivity contribution in [3.8, 4) is 0 Å². The second kappa shape index (κ2) is 6.02. The highest BCUT2D eigenvalue weighted by Crippen LogP contribution is 2.32. The lowest BCUT2D eigenvalue weighted by atomic mass is 9.78. The number of piperidine rings is 1. The summed E-state index contributed by atoms with van der Waals surface area (Å²) in [7, 11) is 2.26. The van der Waals surface area contributed by atoms with Crippen LogP contribution in [0.3, 0.4) is 0 Å². The number of nitrogens with one attached hydrogen (secondary N) is 1. The standard InChI is InChI=1S/C14H28N2/c1-3-10-16(2)11-13-9-8-12-6-4-5-7-14(12)15-13/h12-15H,3-11H2,1-2H3. The first-order valence-corrected chi connectivity index (χ1v) is 7.24. The van der Waals surface area contributed by atoms with Gasteiger partial charge in [-0.1, -0.05) is 19.8 Å². The monoisotopic (exact) mass is 224 g/mol. The van der Waals surface area contributed by atoms with Crippen molar-refractivity contribution in [2.45, 2.75) is 64.0 Å². The lowest BCUT2D eigenvalue weighted by molar-refractivity contribution is 0.153. The summed E-state index contributed by atoms with van der Waals surface area (Å²) in [5.74, 6) is 1.00. The summed E-state index contributed by atoms with van der Waals surface area (Å²) in [5.41, 5.74) is 0. The molecule has 94 valence electrons. The molecule has 1 aliphatic carbocycles. The van der Waals surface area contributed by atoms with Gasteiger partial charge in [-0.15, -0.1) is 0 Å². The van der Waals surface area contributed by atoms with E-state index < -0.39 is 0 Å². The van der Waals surface area contributed by atoms with Crippen molar-refractivity contribution in [1.29, 1.82) is 0 Å². The molecule has 2 fully saturated rings. The Morgan fingerprint density at radius 3 is 2.75 bits per heavy atom. The zero-order valence-electron chi connectivity index (χ0n) is 11.0. The molecule has 0 aromatic rings. The molecule has 3 unspecified atom stereocenters. The molecule has 0 radical (unpaired) electrons. The van der Waals surface area contributed by atoms with Crippen LogP contribution in [0.1, 0.15) is 51.9 Å². The average Bonchev–Trinajstić information content (AvgIpc) is 2.29. The van der Waals surface area contributed by atoms with Gasteiger partial charge in [-0.05, 0) is 51.6 Å². The van der Waals surface area contributed by atoms with Crippen LogP contribution in [0.4, 0.5) is 0 Å². The van der Waals surface area contributed by atoms with E-state index in [4.69, 9.17) is 0 Å². The Labute approximate surface area is 101 Å². The third-order valence-electron chi connectivity index (χ3n) is 4.38. The van der Waals surface area contributed by atoms with Gasteiger partial charge < -0.3 is 10.2 Å². The number of likely N-dealkylation sites (N-methyl/N-ethyl adjacent to an activating group) is 1. The third kappa shape index (κ3) is 3.21. The second-order valence-corrected chi connectivity index (χ2v) is 5.85. The van der Waals surface area contributed by atoms with E-state index in [1.165, 1.54) is 58.0 Å². The molecule has 1 aliphatic heterocycles. The van der Waals surface area contributed by atoms with Crippen LogP contribution in [-0.4, -0.2) is 37.1 Å². The van der Waals surface area contributed by atoms with Crippen molar-refractivity contribution >= 4 is 0 Å². The highest BCUT2D eigenvalue weighted by Gasteiger charge is 2.31. The number of rotatable bonds is 4. The fourth-order valence-electron chi connectivity index (χ4n) is 3.57. The molecule has 0 spiro atoms. The Morgan fingerprint density at radius 2 is 1.94 bits per heavy atom. The highest BCUT2D eigenvalue weighted by atomic mass is 15.1. The maximum absolute atomic E-state index is 3.90. The Balaban J connectivity index is 1.76. The van der Waals surface area contributed by atoms with Gasteiger partial charge in [0, 0.05) is 18.6 Å². The van der Waals surface area contributed by atoms with Crippen molar-refractivity contribution in [3.05, 3.63) is 0 Å². The Morgan fingerprint density at radius 1 is 1.12 bits per heavy atom. The van der Waals surface area contributed by atoms with Gasteiger partial charge in [0.25, 0.3) is 0 Å². The van der Waals surface area contributed by atoms with Crippen molar-refractivity contribution < 1.29 is 0 Å². The maximum Gasteiger partial charge on any atom is 0.0197 e. The number of hydrogen-bond donors (Lipinski definition) is 1. The molecule has 0 aromatic carbocycles. The normalized spacial score (nSPS) is 35.1. The van der Waals surface area contributed by atoms with Gasteiger partial charge >= 0.3 is 0 Å². The van der Waals surface area contributed by atoms with Gasteiger partial charge in [0.2, 0.25) is 0 Å². The van der Waals surface area contributed by atoms with Crippen LogP contribution in [0.25, 0.3) is 0 Å². The zero-order chi connectivity index (χ0) is 11.4. The lowest BCUT2D eigenvalue weighted by Crippen LogP contribution is -2.52. The van der Waals surface area contributed by atoms with Crippen molar-refractivity contribution in [2.75, 3.05) is 20.1 Å². The summed E-state index contributed by atoms with van der Waals surface area (Å²) in [6.07, 6.45) is 9.98. The quantitative estimate of drug-likeness (QED) is 0.790. The topological polar surface area (TPSA) is 15.3 Å². The molecular weight excluding hydrogens is 196 g/mol. The van der Waals surface area contributed by atoms with Crippen molar-refractivity contribution in [2.24, 2.45) is 5.92 Å². The summed E-state index contributed by atoms with van der Waals surface area (Å²) in [5, 5.41) is 3.90. The third-order valence-corrected chi connectivity index (χ3v) is 4.38. The molecule has 0 bridgehead atoms. The molecular formula is C14H28N2. The van der Waals surface area contributed by atoms with Crippen LogP contribution < -0.4 is 5.32 Å². The largest absolute Gasteiger partial charge is 0.310 e. The predicted molar refractivity (Wildman–Crippen MR) is 69.7 cm³/mol. The minimum absolute atomic E-state index is 0.760. The second-order valence-electron chi connectivity index (χ2n) is 5.85. The van der Waals surface area contributed by atoms with Crippen molar-refractivity contribution in [1.82, 2.24) is 10.2 Å². The first-order chi connectivity index (χ1) is 7.79. The van der Waals surface area contributed by atoms with Crippen LogP contribution in [0.15, 0.2) is 0 Å².